The molecule has 0 unspecified atom stereocenters. The number of carbonyl (C=O) groups excluding carboxylic acids is 2. The van der Waals surface area contributed by atoms with Crippen LogP contribution in [0.1, 0.15) is 5.56 Å². The zero-order valence-corrected chi connectivity index (χ0v) is 14.1. The Labute approximate surface area is 149 Å². The van der Waals surface area contributed by atoms with E-state index in [9.17, 15) is 9.59 Å². The van der Waals surface area contributed by atoms with E-state index in [0.29, 0.717) is 21.4 Å². The molecule has 126 valence electrons. The fraction of sp³-hybridized carbons (Fsp3) is 0.176. The van der Waals surface area contributed by atoms with Gasteiger partial charge in [-0.15, -0.1) is 0 Å². The van der Waals surface area contributed by atoms with E-state index < -0.39 is 11.9 Å². The molecule has 0 heterocycles. The van der Waals surface area contributed by atoms with Gasteiger partial charge in [-0.2, -0.15) is 0 Å². The van der Waals surface area contributed by atoms with E-state index in [1.165, 1.54) is 0 Å². The van der Waals surface area contributed by atoms with Crippen molar-refractivity contribution in [2.24, 2.45) is 0 Å². The number of hydrogen-bond donors (Lipinski definition) is 1. The van der Waals surface area contributed by atoms with Gasteiger partial charge < -0.3 is 14.8 Å². The summed E-state index contributed by atoms with van der Waals surface area (Å²) < 4.78 is 10.3. The summed E-state index contributed by atoms with van der Waals surface area (Å²) in [6, 6.07) is 13.8. The topological polar surface area (TPSA) is 64.6 Å². The molecule has 5 nitrogen and oxygen atoms in total. The highest BCUT2D eigenvalue weighted by Crippen LogP contribution is 2.21. The molecule has 2 rings (SSSR count). The van der Waals surface area contributed by atoms with Gasteiger partial charge in [0.25, 0.3) is 5.91 Å². The molecule has 0 aliphatic carbocycles. The molecule has 1 N–H and O–H groups in total. The molecule has 0 saturated heterocycles. The van der Waals surface area contributed by atoms with Gasteiger partial charge >= 0.3 is 5.97 Å². The van der Waals surface area contributed by atoms with Crippen molar-refractivity contribution in [2.45, 2.75) is 6.61 Å². The molecule has 2 aromatic rings. The van der Waals surface area contributed by atoms with Gasteiger partial charge in [0.05, 0.1) is 0 Å². The fourth-order valence-corrected chi connectivity index (χ4v) is 2.20. The molecule has 0 radical (unpaired) electrons. The lowest BCUT2D eigenvalue weighted by Crippen LogP contribution is -2.34. The quantitative estimate of drug-likeness (QED) is 0.763. The Kier molecular flexibility index (Phi) is 6.90. The Morgan fingerprint density at radius 3 is 2.50 bits per heavy atom. The van der Waals surface area contributed by atoms with Crippen LogP contribution in [0.2, 0.25) is 10.0 Å². The van der Waals surface area contributed by atoms with Crippen molar-refractivity contribution in [2.75, 3.05) is 13.2 Å². The molecule has 0 bridgehead atoms. The van der Waals surface area contributed by atoms with E-state index in [4.69, 9.17) is 32.7 Å². The maximum absolute atomic E-state index is 11.6. The highest BCUT2D eigenvalue weighted by molar-refractivity contribution is 6.35. The fourth-order valence-electron chi connectivity index (χ4n) is 1.74. The summed E-state index contributed by atoms with van der Waals surface area (Å²) in [5, 5.41) is 3.33. The highest BCUT2D eigenvalue weighted by Gasteiger charge is 2.09. The van der Waals surface area contributed by atoms with Crippen LogP contribution in [0.25, 0.3) is 0 Å². The zero-order chi connectivity index (χ0) is 17.4. The van der Waals surface area contributed by atoms with Crippen LogP contribution in [0.3, 0.4) is 0 Å². The number of carbonyl (C=O) groups is 2. The van der Waals surface area contributed by atoms with Crippen LogP contribution < -0.4 is 10.1 Å². The maximum atomic E-state index is 11.6. The molecule has 1 amide bonds. The van der Waals surface area contributed by atoms with Gasteiger partial charge in [0.15, 0.2) is 6.61 Å². The number of ether oxygens (including phenoxy) is 2. The number of benzene rings is 2. The molecule has 0 aliphatic heterocycles. The van der Waals surface area contributed by atoms with Crippen molar-refractivity contribution in [3.8, 4) is 5.75 Å². The standard InChI is InChI=1S/C17H15Cl2NO4/c18-13-7-6-12(15(19)8-13)10-24-17(22)9-20-16(21)11-23-14-4-2-1-3-5-14/h1-8H,9-11H2,(H,20,21). The molecule has 0 aromatic heterocycles. The molecule has 0 fully saturated rings. The molecule has 7 heteroatoms. The van der Waals surface area contributed by atoms with Crippen LogP contribution in [-0.2, 0) is 20.9 Å². The predicted octanol–water partition coefficient (Wildman–Crippen LogP) is 3.23. The second kappa shape index (κ2) is 9.15. The van der Waals surface area contributed by atoms with E-state index in [1.807, 2.05) is 6.07 Å². The minimum atomic E-state index is -0.575. The summed E-state index contributed by atoms with van der Waals surface area (Å²) in [4.78, 5) is 23.2. The van der Waals surface area contributed by atoms with Gasteiger partial charge in [-0.1, -0.05) is 47.5 Å². The Morgan fingerprint density at radius 1 is 1.04 bits per heavy atom. The maximum Gasteiger partial charge on any atom is 0.325 e. The molecular formula is C17H15Cl2NO4. The van der Waals surface area contributed by atoms with Gasteiger partial charge in [0.1, 0.15) is 18.9 Å². The summed E-state index contributed by atoms with van der Waals surface area (Å²) in [6.45, 7) is -0.423. The Balaban J connectivity index is 1.68. The number of rotatable bonds is 7. The smallest absolute Gasteiger partial charge is 0.325 e. The summed E-state index contributed by atoms with van der Waals surface area (Å²) in [6.07, 6.45) is 0. The van der Waals surface area contributed by atoms with Crippen LogP contribution in [0.4, 0.5) is 0 Å². The second-order valence-corrected chi connectivity index (χ2v) is 5.62. The lowest BCUT2D eigenvalue weighted by molar-refractivity contribution is -0.145. The number of para-hydroxylation sites is 1. The van der Waals surface area contributed by atoms with E-state index in [2.05, 4.69) is 5.32 Å². The Bertz CT molecular complexity index is 707. The first-order valence-electron chi connectivity index (χ1n) is 7.08. The number of hydrogen-bond acceptors (Lipinski definition) is 4. The van der Waals surface area contributed by atoms with Gasteiger partial charge in [0, 0.05) is 15.6 Å². The third-order valence-electron chi connectivity index (χ3n) is 2.95. The van der Waals surface area contributed by atoms with E-state index in [-0.39, 0.29) is 19.8 Å². The third kappa shape index (κ3) is 6.10. The van der Waals surface area contributed by atoms with Crippen LogP contribution in [-0.4, -0.2) is 25.0 Å². The molecule has 0 spiro atoms. The van der Waals surface area contributed by atoms with Crippen molar-refractivity contribution >= 4 is 35.1 Å². The SMILES string of the molecule is O=C(COc1ccccc1)NCC(=O)OCc1ccc(Cl)cc1Cl. The van der Waals surface area contributed by atoms with Gasteiger partial charge in [-0.25, -0.2) is 0 Å². The Morgan fingerprint density at radius 2 is 1.79 bits per heavy atom. The molecular weight excluding hydrogens is 353 g/mol. The second-order valence-electron chi connectivity index (χ2n) is 4.77. The van der Waals surface area contributed by atoms with Crippen molar-refractivity contribution in [3.05, 3.63) is 64.1 Å². The molecule has 0 atom stereocenters. The monoisotopic (exact) mass is 367 g/mol. The average Bonchev–Trinajstić information content (AvgIpc) is 2.58. The van der Waals surface area contributed by atoms with Crippen molar-refractivity contribution < 1.29 is 19.1 Å². The lowest BCUT2D eigenvalue weighted by Gasteiger charge is -2.09. The predicted molar refractivity (Wildman–Crippen MR) is 91.2 cm³/mol. The van der Waals surface area contributed by atoms with Crippen LogP contribution >= 0.6 is 23.2 Å². The molecule has 0 saturated carbocycles. The van der Waals surface area contributed by atoms with Crippen molar-refractivity contribution in [1.29, 1.82) is 0 Å². The minimum absolute atomic E-state index is 0.00518. The minimum Gasteiger partial charge on any atom is -0.484 e. The first-order chi connectivity index (χ1) is 11.5. The average molecular weight is 368 g/mol. The van der Waals surface area contributed by atoms with Gasteiger partial charge in [-0.05, 0) is 24.3 Å². The number of nitrogens with one attached hydrogen (secondary N) is 1. The highest BCUT2D eigenvalue weighted by atomic mass is 35.5. The summed E-state index contributed by atoms with van der Waals surface area (Å²) in [7, 11) is 0. The van der Waals surface area contributed by atoms with Gasteiger partial charge in [-0.3, -0.25) is 9.59 Å². The van der Waals surface area contributed by atoms with Crippen molar-refractivity contribution in [3.63, 3.8) is 0 Å². The third-order valence-corrected chi connectivity index (χ3v) is 3.53. The van der Waals surface area contributed by atoms with Crippen molar-refractivity contribution in [1.82, 2.24) is 5.32 Å². The van der Waals surface area contributed by atoms with E-state index in [0.717, 1.165) is 0 Å². The summed E-state index contributed by atoms with van der Waals surface area (Å²) in [5.74, 6) is -0.415. The summed E-state index contributed by atoms with van der Waals surface area (Å²) in [5.41, 5.74) is 0.633. The normalized spacial score (nSPS) is 10.1. The number of amides is 1. The summed E-state index contributed by atoms with van der Waals surface area (Å²) >= 11 is 11.8. The lowest BCUT2D eigenvalue weighted by atomic mass is 10.2. The van der Waals surface area contributed by atoms with E-state index >= 15 is 0 Å². The Hall–Kier alpha value is -2.24. The van der Waals surface area contributed by atoms with E-state index in [1.54, 1.807) is 42.5 Å². The zero-order valence-electron chi connectivity index (χ0n) is 12.6. The molecule has 24 heavy (non-hydrogen) atoms. The number of esters is 1. The van der Waals surface area contributed by atoms with Crippen LogP contribution in [0, 0.1) is 0 Å². The molecule has 0 aliphatic rings. The first kappa shape index (κ1) is 18.1. The molecule has 2 aromatic carbocycles. The number of halogens is 2. The van der Waals surface area contributed by atoms with Crippen LogP contribution in [0.5, 0.6) is 5.75 Å². The largest absolute Gasteiger partial charge is 0.484 e. The first-order valence-corrected chi connectivity index (χ1v) is 7.84. The van der Waals surface area contributed by atoms with Crippen LogP contribution in [0.15, 0.2) is 48.5 Å². The van der Waals surface area contributed by atoms with Gasteiger partial charge in [0.2, 0.25) is 0 Å².